The van der Waals surface area contributed by atoms with Crippen molar-refractivity contribution >= 4 is 5.69 Å². The quantitative estimate of drug-likeness (QED) is 0.348. The molecule has 0 amide bonds. The second kappa shape index (κ2) is 12.2. The Kier molecular flexibility index (Phi) is 8.48. The summed E-state index contributed by atoms with van der Waals surface area (Å²) in [7, 11) is 0. The number of ether oxygens (including phenoxy) is 2. The van der Waals surface area contributed by atoms with Crippen LogP contribution in [0.3, 0.4) is 0 Å². The minimum Gasteiger partial charge on any atom is -0.494 e. The Hall–Kier alpha value is -2.94. The number of anilines is 1. The van der Waals surface area contributed by atoms with E-state index in [9.17, 15) is 0 Å². The van der Waals surface area contributed by atoms with Gasteiger partial charge in [-0.15, -0.1) is 0 Å². The molecule has 0 atom stereocenters. The number of nitrogens with one attached hydrogen (secondary N) is 1. The van der Waals surface area contributed by atoms with E-state index < -0.39 is 0 Å². The summed E-state index contributed by atoms with van der Waals surface area (Å²) in [5, 5.41) is 3.51. The van der Waals surface area contributed by atoms with E-state index in [4.69, 9.17) is 9.47 Å². The molecule has 1 aliphatic carbocycles. The fourth-order valence-electron chi connectivity index (χ4n) is 4.40. The normalized spacial score (nSPS) is 14.1. The van der Waals surface area contributed by atoms with Gasteiger partial charge in [-0.05, 0) is 48.2 Å². The molecule has 3 aromatic carbocycles. The maximum atomic E-state index is 6.08. The van der Waals surface area contributed by atoms with Crippen molar-refractivity contribution in [3.8, 4) is 11.5 Å². The molecule has 1 saturated carbocycles. The van der Waals surface area contributed by atoms with E-state index in [1.54, 1.807) is 0 Å². The lowest BCUT2D eigenvalue weighted by Gasteiger charge is -2.21. The molecule has 1 aliphatic rings. The number of hydrogen-bond acceptors (Lipinski definition) is 3. The van der Waals surface area contributed by atoms with Crippen molar-refractivity contribution < 1.29 is 9.47 Å². The van der Waals surface area contributed by atoms with Crippen molar-refractivity contribution in [2.75, 3.05) is 18.5 Å². The van der Waals surface area contributed by atoms with Gasteiger partial charge < -0.3 is 14.8 Å². The van der Waals surface area contributed by atoms with Crippen LogP contribution in [0.15, 0.2) is 78.9 Å². The SMILES string of the molecule is c1ccc(CCOc2ccccc2CNc2ccc(OCCC3CCCCC3)cc2)cc1. The molecule has 32 heavy (non-hydrogen) atoms. The van der Waals surface area contributed by atoms with Crippen molar-refractivity contribution in [1.82, 2.24) is 0 Å². The molecule has 3 heteroatoms. The summed E-state index contributed by atoms with van der Waals surface area (Å²) in [6.45, 7) is 2.22. The summed E-state index contributed by atoms with van der Waals surface area (Å²) in [6.07, 6.45) is 9.05. The Morgan fingerprint density at radius 3 is 2.28 bits per heavy atom. The smallest absolute Gasteiger partial charge is 0.124 e. The minimum absolute atomic E-state index is 0.675. The zero-order chi connectivity index (χ0) is 21.8. The van der Waals surface area contributed by atoms with Gasteiger partial charge in [0, 0.05) is 24.2 Å². The van der Waals surface area contributed by atoms with Crippen molar-refractivity contribution in [1.29, 1.82) is 0 Å². The molecular weight excluding hydrogens is 394 g/mol. The molecular formula is C29H35NO2. The third-order valence-corrected chi connectivity index (χ3v) is 6.32. The van der Waals surface area contributed by atoms with Gasteiger partial charge in [0.25, 0.3) is 0 Å². The van der Waals surface area contributed by atoms with E-state index in [0.29, 0.717) is 6.61 Å². The summed E-state index contributed by atoms with van der Waals surface area (Å²) >= 11 is 0. The monoisotopic (exact) mass is 429 g/mol. The number of rotatable bonds is 11. The van der Waals surface area contributed by atoms with Gasteiger partial charge in [-0.1, -0.05) is 80.6 Å². The number of benzene rings is 3. The largest absolute Gasteiger partial charge is 0.494 e. The minimum atomic E-state index is 0.675. The Morgan fingerprint density at radius 2 is 1.47 bits per heavy atom. The first-order valence-corrected chi connectivity index (χ1v) is 12.1. The lowest BCUT2D eigenvalue weighted by Crippen LogP contribution is -2.10. The van der Waals surface area contributed by atoms with Gasteiger partial charge in [-0.25, -0.2) is 0 Å². The average Bonchev–Trinajstić information content (AvgIpc) is 2.86. The standard InChI is InChI=1S/C29H35NO2/c1-3-9-24(10-4-1)19-21-31-28-17-15-27(16-18-28)30-23-26-13-7-8-14-29(26)32-22-20-25-11-5-2-6-12-25/h2,5-8,11-18,24,30H,1,3-4,9-10,19-23H2. The van der Waals surface area contributed by atoms with Gasteiger partial charge in [0.1, 0.15) is 11.5 Å². The summed E-state index contributed by atoms with van der Waals surface area (Å²) < 4.78 is 12.1. The van der Waals surface area contributed by atoms with Crippen molar-refractivity contribution in [2.24, 2.45) is 5.92 Å². The highest BCUT2D eigenvalue weighted by atomic mass is 16.5. The van der Waals surface area contributed by atoms with E-state index in [1.165, 1.54) is 44.1 Å². The third kappa shape index (κ3) is 7.05. The van der Waals surface area contributed by atoms with Gasteiger partial charge in [0.05, 0.1) is 13.2 Å². The maximum Gasteiger partial charge on any atom is 0.124 e. The molecule has 0 aromatic heterocycles. The Labute approximate surface area is 192 Å². The Balaban J connectivity index is 1.22. The molecule has 3 nitrogen and oxygen atoms in total. The zero-order valence-electron chi connectivity index (χ0n) is 19.0. The summed E-state index contributed by atoms with van der Waals surface area (Å²) in [6, 6.07) is 27.0. The van der Waals surface area contributed by atoms with Crippen LogP contribution in [0.2, 0.25) is 0 Å². The second-order valence-corrected chi connectivity index (χ2v) is 8.71. The topological polar surface area (TPSA) is 30.5 Å². The van der Waals surface area contributed by atoms with Gasteiger partial charge in [0.2, 0.25) is 0 Å². The fraction of sp³-hybridized carbons (Fsp3) is 0.379. The maximum absolute atomic E-state index is 6.08. The molecule has 0 unspecified atom stereocenters. The fourth-order valence-corrected chi connectivity index (χ4v) is 4.40. The summed E-state index contributed by atoms with van der Waals surface area (Å²) in [5.74, 6) is 2.76. The molecule has 1 fully saturated rings. The molecule has 0 saturated heterocycles. The van der Waals surface area contributed by atoms with Crippen LogP contribution in [0, 0.1) is 5.92 Å². The molecule has 168 valence electrons. The van der Waals surface area contributed by atoms with Crippen LogP contribution in [-0.2, 0) is 13.0 Å². The first-order valence-electron chi connectivity index (χ1n) is 12.1. The van der Waals surface area contributed by atoms with Crippen LogP contribution in [0.4, 0.5) is 5.69 Å². The van der Waals surface area contributed by atoms with Crippen molar-refractivity contribution in [2.45, 2.75) is 51.5 Å². The highest BCUT2D eigenvalue weighted by molar-refractivity contribution is 5.48. The van der Waals surface area contributed by atoms with E-state index >= 15 is 0 Å². The van der Waals surface area contributed by atoms with E-state index in [1.807, 2.05) is 18.2 Å². The van der Waals surface area contributed by atoms with Crippen LogP contribution < -0.4 is 14.8 Å². The Bertz CT molecular complexity index is 917. The second-order valence-electron chi connectivity index (χ2n) is 8.71. The zero-order valence-corrected chi connectivity index (χ0v) is 19.0. The van der Waals surface area contributed by atoms with Gasteiger partial charge in [0.15, 0.2) is 0 Å². The van der Waals surface area contributed by atoms with E-state index in [0.717, 1.165) is 48.2 Å². The van der Waals surface area contributed by atoms with Crippen LogP contribution in [0.25, 0.3) is 0 Å². The van der Waals surface area contributed by atoms with Gasteiger partial charge in [-0.2, -0.15) is 0 Å². The number of para-hydroxylation sites is 1. The van der Waals surface area contributed by atoms with Crippen molar-refractivity contribution in [3.05, 3.63) is 90.0 Å². The van der Waals surface area contributed by atoms with Gasteiger partial charge in [-0.3, -0.25) is 0 Å². The molecule has 0 heterocycles. The summed E-state index contributed by atoms with van der Waals surface area (Å²) in [4.78, 5) is 0. The van der Waals surface area contributed by atoms with E-state index in [-0.39, 0.29) is 0 Å². The first-order chi connectivity index (χ1) is 15.9. The van der Waals surface area contributed by atoms with Gasteiger partial charge >= 0.3 is 0 Å². The lowest BCUT2D eigenvalue weighted by molar-refractivity contribution is 0.246. The molecule has 0 bridgehead atoms. The highest BCUT2D eigenvalue weighted by Gasteiger charge is 2.13. The summed E-state index contributed by atoms with van der Waals surface area (Å²) in [5.41, 5.74) is 3.54. The van der Waals surface area contributed by atoms with Crippen LogP contribution in [0.5, 0.6) is 11.5 Å². The van der Waals surface area contributed by atoms with E-state index in [2.05, 4.69) is 66.0 Å². The van der Waals surface area contributed by atoms with Crippen LogP contribution >= 0.6 is 0 Å². The molecule has 3 aromatic rings. The lowest BCUT2D eigenvalue weighted by atomic mass is 9.87. The predicted molar refractivity (Wildman–Crippen MR) is 133 cm³/mol. The Morgan fingerprint density at radius 1 is 0.719 bits per heavy atom. The molecule has 0 aliphatic heterocycles. The third-order valence-electron chi connectivity index (χ3n) is 6.32. The van der Waals surface area contributed by atoms with Crippen molar-refractivity contribution in [3.63, 3.8) is 0 Å². The molecule has 0 radical (unpaired) electrons. The van der Waals surface area contributed by atoms with Crippen LogP contribution in [-0.4, -0.2) is 13.2 Å². The molecule has 1 N–H and O–H groups in total. The molecule has 0 spiro atoms. The first kappa shape index (κ1) is 22.3. The molecule has 4 rings (SSSR count). The highest BCUT2D eigenvalue weighted by Crippen LogP contribution is 2.27. The number of hydrogen-bond donors (Lipinski definition) is 1. The van der Waals surface area contributed by atoms with Crippen LogP contribution in [0.1, 0.15) is 49.7 Å². The predicted octanol–water partition coefficient (Wildman–Crippen LogP) is 7.27. The average molecular weight is 430 g/mol.